The molecule has 11 heteroatoms. The SMILES string of the molecule is CCCN(CCC)C(=O)c1cc(C)cc(C(=O)OC(CNc2ccc3cc(C(N)=O)[nH]c3c2)C(N)Cc2cc(F)cc(F)c2)c1. The molecule has 0 spiro atoms. The number of ether oxygens (including phenoxy) is 1. The fourth-order valence-electron chi connectivity index (χ4n) is 5.27. The third-order valence-electron chi connectivity index (χ3n) is 7.36. The highest BCUT2D eigenvalue weighted by Gasteiger charge is 2.25. The molecule has 0 saturated carbocycles. The standard InChI is InChI=1S/C34H39F2N5O4/c1-4-8-41(9-5-2)33(43)23-10-20(3)11-24(15-23)34(44)45-31(28(37)14-21-12-25(35)17-26(36)13-21)19-39-27-7-6-22-16-30(32(38)42)40-29(22)18-27/h6-7,10-13,15-18,28,31,39-40H,4-5,8-9,14,19,37H2,1-3H3,(H2,38,42). The van der Waals surface area contributed by atoms with E-state index >= 15 is 0 Å². The lowest BCUT2D eigenvalue weighted by atomic mass is 10.0. The number of anilines is 1. The molecule has 1 heterocycles. The summed E-state index contributed by atoms with van der Waals surface area (Å²) in [4.78, 5) is 43.1. The lowest BCUT2D eigenvalue weighted by Gasteiger charge is -2.26. The largest absolute Gasteiger partial charge is 0.455 e. The van der Waals surface area contributed by atoms with Crippen molar-refractivity contribution in [1.29, 1.82) is 0 Å². The number of aromatic nitrogens is 1. The van der Waals surface area contributed by atoms with Crippen LogP contribution in [-0.4, -0.2) is 59.4 Å². The minimum Gasteiger partial charge on any atom is -0.455 e. The molecular weight excluding hydrogens is 580 g/mol. The van der Waals surface area contributed by atoms with Crippen LogP contribution in [-0.2, 0) is 11.2 Å². The summed E-state index contributed by atoms with van der Waals surface area (Å²) < 4.78 is 33.7. The van der Waals surface area contributed by atoms with E-state index in [1.165, 1.54) is 18.2 Å². The van der Waals surface area contributed by atoms with Crippen LogP contribution >= 0.6 is 0 Å². The number of rotatable bonds is 14. The van der Waals surface area contributed by atoms with Gasteiger partial charge in [-0.25, -0.2) is 13.6 Å². The van der Waals surface area contributed by atoms with Crippen LogP contribution in [0.2, 0.25) is 0 Å². The van der Waals surface area contributed by atoms with Crippen LogP contribution in [0.4, 0.5) is 14.5 Å². The number of nitrogens with two attached hydrogens (primary N) is 2. The molecule has 2 amide bonds. The molecule has 2 unspecified atom stereocenters. The van der Waals surface area contributed by atoms with Gasteiger partial charge >= 0.3 is 5.97 Å². The van der Waals surface area contributed by atoms with Crippen LogP contribution in [0, 0.1) is 18.6 Å². The smallest absolute Gasteiger partial charge is 0.338 e. The molecular formula is C34H39F2N5O4. The number of nitrogens with one attached hydrogen (secondary N) is 2. The number of amides is 2. The first-order valence-corrected chi connectivity index (χ1v) is 15.0. The number of carbonyl (C=O) groups excluding carboxylic acids is 3. The van der Waals surface area contributed by atoms with Crippen molar-refractivity contribution in [2.45, 2.75) is 52.2 Å². The average molecular weight is 620 g/mol. The van der Waals surface area contributed by atoms with Crippen LogP contribution < -0.4 is 16.8 Å². The summed E-state index contributed by atoms with van der Waals surface area (Å²) in [5, 5.41) is 3.98. The van der Waals surface area contributed by atoms with E-state index in [0.29, 0.717) is 41.0 Å². The van der Waals surface area contributed by atoms with Gasteiger partial charge < -0.3 is 31.4 Å². The molecule has 238 valence electrons. The van der Waals surface area contributed by atoms with E-state index in [9.17, 15) is 23.2 Å². The van der Waals surface area contributed by atoms with Gasteiger partial charge in [-0.3, -0.25) is 9.59 Å². The Bertz CT molecular complexity index is 1660. The van der Waals surface area contributed by atoms with E-state index in [-0.39, 0.29) is 30.1 Å². The van der Waals surface area contributed by atoms with Gasteiger partial charge in [-0.15, -0.1) is 0 Å². The summed E-state index contributed by atoms with van der Waals surface area (Å²) in [5.74, 6) is -2.93. The molecule has 0 bridgehead atoms. The molecule has 0 fully saturated rings. The first kappa shape index (κ1) is 33.1. The van der Waals surface area contributed by atoms with Crippen LogP contribution in [0.5, 0.6) is 0 Å². The number of fused-ring (bicyclic) bond motifs is 1. The van der Waals surface area contributed by atoms with E-state index < -0.39 is 35.7 Å². The predicted octanol–water partition coefficient (Wildman–Crippen LogP) is 5.32. The van der Waals surface area contributed by atoms with Crippen molar-refractivity contribution in [2.75, 3.05) is 25.0 Å². The second kappa shape index (κ2) is 14.8. The van der Waals surface area contributed by atoms with Gasteiger partial charge in [0, 0.05) is 47.4 Å². The molecule has 4 rings (SSSR count). The highest BCUT2D eigenvalue weighted by atomic mass is 19.1. The maximum atomic E-state index is 13.9. The molecule has 3 aromatic carbocycles. The first-order chi connectivity index (χ1) is 21.5. The Hall–Kier alpha value is -4.77. The number of hydrogen-bond donors (Lipinski definition) is 4. The number of esters is 1. The molecule has 4 aromatic rings. The molecule has 1 aromatic heterocycles. The molecule has 2 atom stereocenters. The summed E-state index contributed by atoms with van der Waals surface area (Å²) in [6.45, 7) is 7.04. The number of halogens is 2. The minimum atomic E-state index is -0.944. The Balaban J connectivity index is 1.58. The van der Waals surface area contributed by atoms with Gasteiger partial charge in [-0.05, 0) is 85.8 Å². The highest BCUT2D eigenvalue weighted by molar-refractivity contribution is 5.99. The van der Waals surface area contributed by atoms with E-state index in [1.54, 1.807) is 48.2 Å². The zero-order valence-electron chi connectivity index (χ0n) is 25.7. The van der Waals surface area contributed by atoms with Crippen LogP contribution in [0.15, 0.2) is 60.7 Å². The Kier molecular flexibility index (Phi) is 10.9. The van der Waals surface area contributed by atoms with E-state index in [4.69, 9.17) is 16.2 Å². The Labute approximate surface area is 260 Å². The lowest BCUT2D eigenvalue weighted by Crippen LogP contribution is -2.44. The predicted molar refractivity (Wildman–Crippen MR) is 170 cm³/mol. The first-order valence-electron chi connectivity index (χ1n) is 15.0. The number of nitrogens with zero attached hydrogens (tertiary/aromatic N) is 1. The number of aryl methyl sites for hydroxylation is 1. The van der Waals surface area contributed by atoms with Crippen LogP contribution in [0.25, 0.3) is 10.9 Å². The second-order valence-corrected chi connectivity index (χ2v) is 11.2. The van der Waals surface area contributed by atoms with Crippen molar-refractivity contribution in [1.82, 2.24) is 9.88 Å². The number of H-pyrrole nitrogens is 1. The topological polar surface area (TPSA) is 144 Å². The highest BCUT2D eigenvalue weighted by Crippen LogP contribution is 2.22. The monoisotopic (exact) mass is 619 g/mol. The maximum absolute atomic E-state index is 13.9. The lowest BCUT2D eigenvalue weighted by molar-refractivity contribution is 0.0270. The zero-order chi connectivity index (χ0) is 32.7. The summed E-state index contributed by atoms with van der Waals surface area (Å²) >= 11 is 0. The van der Waals surface area contributed by atoms with Crippen molar-refractivity contribution < 1.29 is 27.9 Å². The van der Waals surface area contributed by atoms with Gasteiger partial charge in [0.25, 0.3) is 11.8 Å². The van der Waals surface area contributed by atoms with Gasteiger partial charge in [0.15, 0.2) is 0 Å². The van der Waals surface area contributed by atoms with E-state index in [1.807, 2.05) is 13.8 Å². The summed E-state index contributed by atoms with van der Waals surface area (Å²) in [7, 11) is 0. The van der Waals surface area contributed by atoms with Gasteiger partial charge in [0.2, 0.25) is 0 Å². The third-order valence-corrected chi connectivity index (χ3v) is 7.36. The molecule has 0 radical (unpaired) electrons. The normalized spacial score (nSPS) is 12.5. The van der Waals surface area contributed by atoms with Gasteiger partial charge in [0.05, 0.1) is 12.1 Å². The summed E-state index contributed by atoms with van der Waals surface area (Å²) in [6, 6.07) is 14.2. The molecule has 0 aliphatic rings. The number of benzene rings is 3. The number of carbonyl (C=O) groups is 3. The number of hydrogen-bond acceptors (Lipinski definition) is 6. The van der Waals surface area contributed by atoms with Crippen molar-refractivity contribution >= 4 is 34.4 Å². The molecule has 9 nitrogen and oxygen atoms in total. The second-order valence-electron chi connectivity index (χ2n) is 11.2. The molecule has 45 heavy (non-hydrogen) atoms. The van der Waals surface area contributed by atoms with Crippen molar-refractivity contribution in [3.63, 3.8) is 0 Å². The number of primary amides is 1. The fourth-order valence-corrected chi connectivity index (χ4v) is 5.27. The molecule has 0 aliphatic carbocycles. The van der Waals surface area contributed by atoms with Gasteiger partial charge in [-0.2, -0.15) is 0 Å². The molecule has 6 N–H and O–H groups in total. The zero-order valence-corrected chi connectivity index (χ0v) is 25.7. The Morgan fingerprint density at radius 3 is 2.24 bits per heavy atom. The van der Waals surface area contributed by atoms with Crippen LogP contribution in [0.3, 0.4) is 0 Å². The van der Waals surface area contributed by atoms with Crippen LogP contribution in [0.1, 0.15) is 69.0 Å². The van der Waals surface area contributed by atoms with Crippen molar-refractivity contribution in [3.8, 4) is 0 Å². The maximum Gasteiger partial charge on any atom is 0.338 e. The molecule has 0 aliphatic heterocycles. The average Bonchev–Trinajstić information content (AvgIpc) is 3.42. The third kappa shape index (κ3) is 8.66. The van der Waals surface area contributed by atoms with Crippen molar-refractivity contribution in [3.05, 3.63) is 100 Å². The van der Waals surface area contributed by atoms with Crippen molar-refractivity contribution in [2.24, 2.45) is 11.5 Å². The van der Waals surface area contributed by atoms with E-state index in [0.717, 1.165) is 24.3 Å². The van der Waals surface area contributed by atoms with Gasteiger partial charge in [-0.1, -0.05) is 19.9 Å². The Morgan fingerprint density at radius 2 is 1.60 bits per heavy atom. The number of aromatic amines is 1. The quantitative estimate of drug-likeness (QED) is 0.141. The molecule has 0 saturated heterocycles. The Morgan fingerprint density at radius 1 is 0.933 bits per heavy atom. The minimum absolute atomic E-state index is 0.0203. The summed E-state index contributed by atoms with van der Waals surface area (Å²) in [6.07, 6.45) is 0.682. The fraction of sp³-hybridized carbons (Fsp3) is 0.324. The van der Waals surface area contributed by atoms with Gasteiger partial charge in [0.1, 0.15) is 23.4 Å². The van der Waals surface area contributed by atoms with E-state index in [2.05, 4.69) is 10.3 Å². The summed E-state index contributed by atoms with van der Waals surface area (Å²) in [5.41, 5.74) is 15.0.